The molecule has 17 heavy (non-hydrogen) atoms. The second kappa shape index (κ2) is 4.49. The van der Waals surface area contributed by atoms with Crippen LogP contribution in [0.25, 0.3) is 11.0 Å². The number of para-hydroxylation sites is 2. The summed E-state index contributed by atoms with van der Waals surface area (Å²) in [5, 5.41) is 3.54. The standard InChI is InChI=1S/C14H21N3/c1-5-14(2,3)15-10-13-16-11-8-6-7-9-12(11)17(13)4/h6-9,15H,5,10H2,1-4H3. The molecule has 0 aliphatic rings. The van der Waals surface area contributed by atoms with Crippen molar-refractivity contribution in [1.29, 1.82) is 0 Å². The van der Waals surface area contributed by atoms with Crippen molar-refractivity contribution in [3.05, 3.63) is 30.1 Å². The molecule has 0 unspecified atom stereocenters. The summed E-state index contributed by atoms with van der Waals surface area (Å²) < 4.78 is 2.16. The van der Waals surface area contributed by atoms with Crippen molar-refractivity contribution in [2.45, 2.75) is 39.3 Å². The number of hydrogen-bond acceptors (Lipinski definition) is 2. The molecule has 3 nitrogen and oxygen atoms in total. The normalized spacial score (nSPS) is 12.2. The molecule has 2 rings (SSSR count). The van der Waals surface area contributed by atoms with Gasteiger partial charge in [0.25, 0.3) is 0 Å². The third kappa shape index (κ3) is 2.50. The van der Waals surface area contributed by atoms with Crippen LogP contribution in [0.2, 0.25) is 0 Å². The van der Waals surface area contributed by atoms with Gasteiger partial charge in [-0.2, -0.15) is 0 Å². The average Bonchev–Trinajstić information content (AvgIpc) is 2.65. The van der Waals surface area contributed by atoms with Crippen LogP contribution in [-0.2, 0) is 13.6 Å². The smallest absolute Gasteiger partial charge is 0.123 e. The van der Waals surface area contributed by atoms with Crippen LogP contribution in [0.4, 0.5) is 0 Å². The highest BCUT2D eigenvalue weighted by Gasteiger charge is 2.15. The van der Waals surface area contributed by atoms with Gasteiger partial charge in [0.05, 0.1) is 17.6 Å². The zero-order chi connectivity index (χ0) is 12.5. The maximum Gasteiger partial charge on any atom is 0.123 e. The number of benzene rings is 1. The Hall–Kier alpha value is -1.35. The van der Waals surface area contributed by atoms with Gasteiger partial charge in [0, 0.05) is 12.6 Å². The van der Waals surface area contributed by atoms with Crippen molar-refractivity contribution in [2.24, 2.45) is 7.05 Å². The maximum atomic E-state index is 4.65. The van der Waals surface area contributed by atoms with E-state index in [2.05, 4.69) is 60.9 Å². The van der Waals surface area contributed by atoms with Gasteiger partial charge in [-0.25, -0.2) is 4.98 Å². The molecule has 1 aromatic carbocycles. The van der Waals surface area contributed by atoms with Gasteiger partial charge in [-0.15, -0.1) is 0 Å². The number of hydrogen-bond donors (Lipinski definition) is 1. The van der Waals surface area contributed by atoms with Gasteiger partial charge in [-0.05, 0) is 32.4 Å². The zero-order valence-corrected chi connectivity index (χ0v) is 11.1. The molecule has 0 fully saturated rings. The summed E-state index contributed by atoms with van der Waals surface area (Å²) in [6.07, 6.45) is 1.11. The first-order valence-electron chi connectivity index (χ1n) is 6.19. The molecule has 0 saturated heterocycles. The van der Waals surface area contributed by atoms with Gasteiger partial charge in [-0.3, -0.25) is 0 Å². The highest BCUT2D eigenvalue weighted by atomic mass is 15.1. The van der Waals surface area contributed by atoms with Crippen molar-refractivity contribution in [1.82, 2.24) is 14.9 Å². The molecule has 0 aliphatic carbocycles. The van der Waals surface area contributed by atoms with E-state index in [0.717, 1.165) is 24.3 Å². The van der Waals surface area contributed by atoms with E-state index in [1.807, 2.05) is 6.07 Å². The van der Waals surface area contributed by atoms with Crippen LogP contribution >= 0.6 is 0 Å². The molecule has 1 heterocycles. The topological polar surface area (TPSA) is 29.9 Å². The third-order valence-corrected chi connectivity index (χ3v) is 3.49. The molecular weight excluding hydrogens is 210 g/mol. The Morgan fingerprint density at radius 3 is 2.65 bits per heavy atom. The molecular formula is C14H21N3. The van der Waals surface area contributed by atoms with Crippen molar-refractivity contribution in [2.75, 3.05) is 0 Å². The van der Waals surface area contributed by atoms with E-state index in [-0.39, 0.29) is 5.54 Å². The lowest BCUT2D eigenvalue weighted by molar-refractivity contribution is 0.368. The predicted octanol–water partition coefficient (Wildman–Crippen LogP) is 2.85. The lowest BCUT2D eigenvalue weighted by atomic mass is 10.0. The van der Waals surface area contributed by atoms with E-state index >= 15 is 0 Å². The summed E-state index contributed by atoms with van der Waals surface area (Å²) in [5.74, 6) is 1.09. The summed E-state index contributed by atoms with van der Waals surface area (Å²) in [5.41, 5.74) is 2.43. The lowest BCUT2D eigenvalue weighted by Crippen LogP contribution is -2.38. The van der Waals surface area contributed by atoms with Crippen molar-refractivity contribution < 1.29 is 0 Å². The minimum Gasteiger partial charge on any atom is -0.330 e. The van der Waals surface area contributed by atoms with Crippen LogP contribution in [0.3, 0.4) is 0 Å². The first-order chi connectivity index (χ1) is 8.03. The van der Waals surface area contributed by atoms with E-state index in [4.69, 9.17) is 0 Å². The Morgan fingerprint density at radius 1 is 1.29 bits per heavy atom. The van der Waals surface area contributed by atoms with Gasteiger partial charge in [0.1, 0.15) is 5.82 Å². The predicted molar refractivity (Wildman–Crippen MR) is 71.9 cm³/mol. The lowest BCUT2D eigenvalue weighted by Gasteiger charge is -2.24. The van der Waals surface area contributed by atoms with E-state index in [9.17, 15) is 0 Å². The minimum absolute atomic E-state index is 0.165. The van der Waals surface area contributed by atoms with Crippen LogP contribution in [0.15, 0.2) is 24.3 Å². The number of nitrogens with one attached hydrogen (secondary N) is 1. The fourth-order valence-electron chi connectivity index (χ4n) is 1.80. The molecule has 0 atom stereocenters. The molecule has 0 bridgehead atoms. The Labute approximate surface area is 103 Å². The fourth-order valence-corrected chi connectivity index (χ4v) is 1.80. The quantitative estimate of drug-likeness (QED) is 0.877. The molecule has 1 N–H and O–H groups in total. The monoisotopic (exact) mass is 231 g/mol. The van der Waals surface area contributed by atoms with E-state index in [1.54, 1.807) is 0 Å². The first-order valence-corrected chi connectivity index (χ1v) is 6.19. The molecule has 1 aromatic heterocycles. The number of imidazole rings is 1. The van der Waals surface area contributed by atoms with Crippen LogP contribution < -0.4 is 5.32 Å². The largest absolute Gasteiger partial charge is 0.330 e. The Balaban J connectivity index is 2.22. The van der Waals surface area contributed by atoms with Crippen LogP contribution in [0.1, 0.15) is 33.0 Å². The molecule has 0 aliphatic heterocycles. The number of nitrogens with zero attached hydrogens (tertiary/aromatic N) is 2. The van der Waals surface area contributed by atoms with Gasteiger partial charge < -0.3 is 9.88 Å². The van der Waals surface area contributed by atoms with Gasteiger partial charge in [0.15, 0.2) is 0 Å². The van der Waals surface area contributed by atoms with Gasteiger partial charge in [0.2, 0.25) is 0 Å². The van der Waals surface area contributed by atoms with Gasteiger partial charge >= 0.3 is 0 Å². The highest BCUT2D eigenvalue weighted by Crippen LogP contribution is 2.15. The first kappa shape index (κ1) is 12.1. The number of aromatic nitrogens is 2. The number of aryl methyl sites for hydroxylation is 1. The summed E-state index contributed by atoms with van der Waals surface area (Å²) in [6, 6.07) is 8.25. The molecule has 0 radical (unpaired) electrons. The Bertz CT molecular complexity index is 511. The molecule has 0 amide bonds. The van der Waals surface area contributed by atoms with Crippen LogP contribution in [0, 0.1) is 0 Å². The molecule has 3 heteroatoms. The zero-order valence-electron chi connectivity index (χ0n) is 11.1. The summed E-state index contributed by atoms with van der Waals surface area (Å²) in [7, 11) is 2.07. The summed E-state index contributed by atoms with van der Waals surface area (Å²) in [4.78, 5) is 4.65. The third-order valence-electron chi connectivity index (χ3n) is 3.49. The second-order valence-corrected chi connectivity index (χ2v) is 5.17. The van der Waals surface area contributed by atoms with Crippen molar-refractivity contribution in [3.63, 3.8) is 0 Å². The molecule has 0 saturated carbocycles. The molecule has 2 aromatic rings. The maximum absolute atomic E-state index is 4.65. The number of fused-ring (bicyclic) bond motifs is 1. The summed E-state index contributed by atoms with van der Waals surface area (Å²) in [6.45, 7) is 7.44. The highest BCUT2D eigenvalue weighted by molar-refractivity contribution is 5.75. The van der Waals surface area contributed by atoms with Crippen molar-refractivity contribution >= 4 is 11.0 Å². The number of rotatable bonds is 4. The second-order valence-electron chi connectivity index (χ2n) is 5.17. The fraction of sp³-hybridized carbons (Fsp3) is 0.500. The minimum atomic E-state index is 0.165. The van der Waals surface area contributed by atoms with Crippen LogP contribution in [0.5, 0.6) is 0 Å². The van der Waals surface area contributed by atoms with E-state index < -0.39 is 0 Å². The SMILES string of the molecule is CCC(C)(C)NCc1nc2ccccc2n1C. The Morgan fingerprint density at radius 2 is 2.00 bits per heavy atom. The van der Waals surface area contributed by atoms with Gasteiger partial charge in [-0.1, -0.05) is 19.1 Å². The van der Waals surface area contributed by atoms with E-state index in [0.29, 0.717) is 0 Å². The summed E-state index contributed by atoms with van der Waals surface area (Å²) >= 11 is 0. The molecule has 92 valence electrons. The average molecular weight is 231 g/mol. The Kier molecular flexibility index (Phi) is 3.20. The van der Waals surface area contributed by atoms with Crippen LogP contribution in [-0.4, -0.2) is 15.1 Å². The van der Waals surface area contributed by atoms with E-state index in [1.165, 1.54) is 5.52 Å². The molecule has 0 spiro atoms. The van der Waals surface area contributed by atoms with Crippen molar-refractivity contribution in [3.8, 4) is 0 Å².